The third kappa shape index (κ3) is 3.23. The first-order valence-electron chi connectivity index (χ1n) is 3.15. The standard InChI is InChI=1S/C7H7NO3S.Li.H/c8-7(9)5-2-1-3-6(4-5)12(10)11;;/h1-4,12H,(H2,8,9);;. The van der Waals surface area contributed by atoms with E-state index in [0.717, 1.165) is 0 Å². The van der Waals surface area contributed by atoms with E-state index >= 15 is 0 Å². The Morgan fingerprint density at radius 2 is 1.92 bits per heavy atom. The van der Waals surface area contributed by atoms with Gasteiger partial charge in [0.25, 0.3) is 0 Å². The van der Waals surface area contributed by atoms with Gasteiger partial charge in [-0.05, 0) is 18.2 Å². The van der Waals surface area contributed by atoms with Crippen molar-refractivity contribution in [2.45, 2.75) is 4.90 Å². The van der Waals surface area contributed by atoms with E-state index in [4.69, 9.17) is 5.73 Å². The molecule has 0 spiro atoms. The molecule has 0 aromatic heterocycles. The Balaban J connectivity index is 0.00000144. The van der Waals surface area contributed by atoms with Gasteiger partial charge in [0, 0.05) is 5.56 Å². The van der Waals surface area contributed by atoms with Gasteiger partial charge in [-0.1, -0.05) is 6.07 Å². The Hall–Kier alpha value is -0.763. The topological polar surface area (TPSA) is 77.2 Å². The SMILES string of the molecule is NC(=O)c1cccc([SH](=O)=O)c1.[LiH]. The van der Waals surface area contributed by atoms with E-state index < -0.39 is 16.6 Å². The van der Waals surface area contributed by atoms with Crippen LogP contribution in [0.3, 0.4) is 0 Å². The molecule has 0 atom stereocenters. The zero-order chi connectivity index (χ0) is 9.14. The molecule has 0 aliphatic heterocycles. The number of carbonyl (C=O) groups is 1. The molecule has 0 saturated heterocycles. The van der Waals surface area contributed by atoms with E-state index in [0.29, 0.717) is 0 Å². The van der Waals surface area contributed by atoms with E-state index in [2.05, 4.69) is 0 Å². The van der Waals surface area contributed by atoms with Crippen LogP contribution in [0.4, 0.5) is 0 Å². The third-order valence-electron chi connectivity index (χ3n) is 1.34. The first-order valence-corrected chi connectivity index (χ1v) is 4.33. The van der Waals surface area contributed by atoms with Crippen molar-refractivity contribution in [1.29, 1.82) is 0 Å². The van der Waals surface area contributed by atoms with Crippen LogP contribution in [-0.4, -0.2) is 33.2 Å². The zero-order valence-electron chi connectivity index (χ0n) is 6.06. The number of amides is 1. The Morgan fingerprint density at radius 3 is 2.38 bits per heavy atom. The van der Waals surface area contributed by atoms with Gasteiger partial charge < -0.3 is 5.73 Å². The number of primary amides is 1. The van der Waals surface area contributed by atoms with E-state index in [1.54, 1.807) is 0 Å². The molecule has 0 radical (unpaired) electrons. The average Bonchev–Trinajstić information content (AvgIpc) is 2.04. The number of hydrogen-bond donors (Lipinski definition) is 2. The number of thiol groups is 1. The summed E-state index contributed by atoms with van der Waals surface area (Å²) in [5, 5.41) is 0. The number of benzene rings is 1. The molecular formula is C7H8LiNO3S. The molecular weight excluding hydrogens is 185 g/mol. The summed E-state index contributed by atoms with van der Waals surface area (Å²) in [5.74, 6) is -0.631. The van der Waals surface area contributed by atoms with Crippen molar-refractivity contribution < 1.29 is 13.2 Å². The van der Waals surface area contributed by atoms with Crippen molar-refractivity contribution >= 4 is 35.5 Å². The van der Waals surface area contributed by atoms with Crippen LogP contribution in [0, 0.1) is 0 Å². The minimum atomic E-state index is -2.64. The van der Waals surface area contributed by atoms with Gasteiger partial charge in [0.05, 0.1) is 4.90 Å². The predicted molar refractivity (Wildman–Crippen MR) is 50.7 cm³/mol. The van der Waals surface area contributed by atoms with E-state index in [9.17, 15) is 13.2 Å². The van der Waals surface area contributed by atoms with E-state index in [1.807, 2.05) is 0 Å². The van der Waals surface area contributed by atoms with Gasteiger partial charge in [0.2, 0.25) is 5.91 Å². The fourth-order valence-electron chi connectivity index (χ4n) is 0.773. The first-order chi connectivity index (χ1) is 5.61. The van der Waals surface area contributed by atoms with Crippen LogP contribution >= 0.6 is 0 Å². The summed E-state index contributed by atoms with van der Waals surface area (Å²) < 4.78 is 20.9. The molecule has 1 amide bonds. The Kier molecular flexibility index (Phi) is 4.77. The van der Waals surface area contributed by atoms with Crippen LogP contribution in [0.5, 0.6) is 0 Å². The van der Waals surface area contributed by atoms with E-state index in [1.165, 1.54) is 24.3 Å². The molecule has 0 aliphatic rings. The summed E-state index contributed by atoms with van der Waals surface area (Å²) in [6, 6.07) is 5.58. The number of carbonyl (C=O) groups excluding carboxylic acids is 1. The van der Waals surface area contributed by atoms with Crippen molar-refractivity contribution in [3.05, 3.63) is 29.8 Å². The Morgan fingerprint density at radius 1 is 1.31 bits per heavy atom. The zero-order valence-corrected chi connectivity index (χ0v) is 6.95. The minimum absolute atomic E-state index is 0. The van der Waals surface area contributed by atoms with Crippen LogP contribution < -0.4 is 5.73 Å². The average molecular weight is 193 g/mol. The van der Waals surface area contributed by atoms with Gasteiger partial charge in [-0.2, -0.15) is 0 Å². The second kappa shape index (κ2) is 5.07. The number of nitrogens with two attached hydrogens (primary N) is 1. The van der Waals surface area contributed by atoms with Crippen molar-refractivity contribution in [3.8, 4) is 0 Å². The molecule has 0 bridgehead atoms. The fourth-order valence-corrected chi connectivity index (χ4v) is 1.23. The van der Waals surface area contributed by atoms with Crippen molar-refractivity contribution in [2.24, 2.45) is 5.73 Å². The molecule has 66 valence electrons. The predicted octanol–water partition coefficient (Wildman–Crippen LogP) is -0.893. The summed E-state index contributed by atoms with van der Waals surface area (Å²) in [5.41, 5.74) is 5.15. The quantitative estimate of drug-likeness (QED) is 0.472. The molecule has 1 rings (SSSR count). The van der Waals surface area contributed by atoms with Crippen LogP contribution in [0.15, 0.2) is 29.2 Å². The molecule has 0 unspecified atom stereocenters. The summed E-state index contributed by atoms with van der Waals surface area (Å²) in [6.07, 6.45) is 0. The maximum atomic E-state index is 10.6. The second-order valence-electron chi connectivity index (χ2n) is 2.17. The number of rotatable bonds is 2. The van der Waals surface area contributed by atoms with Crippen LogP contribution in [0.25, 0.3) is 0 Å². The first kappa shape index (κ1) is 12.2. The summed E-state index contributed by atoms with van der Waals surface area (Å²) in [6.45, 7) is 0. The maximum absolute atomic E-state index is 10.6. The summed E-state index contributed by atoms with van der Waals surface area (Å²) in [4.78, 5) is 10.7. The third-order valence-corrected chi connectivity index (χ3v) is 2.04. The number of hydrogen-bond acceptors (Lipinski definition) is 3. The van der Waals surface area contributed by atoms with Gasteiger partial charge in [-0.25, -0.2) is 8.42 Å². The monoisotopic (exact) mass is 193 g/mol. The second-order valence-corrected chi connectivity index (χ2v) is 3.20. The van der Waals surface area contributed by atoms with Crippen molar-refractivity contribution in [3.63, 3.8) is 0 Å². The molecule has 0 aliphatic carbocycles. The summed E-state index contributed by atoms with van der Waals surface area (Å²) >= 11 is 0. The van der Waals surface area contributed by atoms with Gasteiger partial charge in [-0.3, -0.25) is 4.79 Å². The summed E-state index contributed by atoms with van der Waals surface area (Å²) in [7, 11) is -2.64. The molecule has 0 fully saturated rings. The van der Waals surface area contributed by atoms with Crippen molar-refractivity contribution in [2.75, 3.05) is 0 Å². The van der Waals surface area contributed by atoms with Gasteiger partial charge in [-0.15, -0.1) is 0 Å². The molecule has 1 aromatic carbocycles. The van der Waals surface area contributed by atoms with Gasteiger partial charge >= 0.3 is 18.9 Å². The molecule has 6 heteroatoms. The molecule has 0 saturated carbocycles. The fraction of sp³-hybridized carbons (Fsp3) is 0. The normalized spacial score (nSPS) is 9.31. The van der Waals surface area contributed by atoms with Crippen LogP contribution in [0.1, 0.15) is 10.4 Å². The molecule has 13 heavy (non-hydrogen) atoms. The Bertz CT molecular complexity index is 381. The molecule has 1 aromatic rings. The Labute approximate surface area is 89.3 Å². The van der Waals surface area contributed by atoms with Crippen molar-refractivity contribution in [1.82, 2.24) is 0 Å². The molecule has 0 heterocycles. The van der Waals surface area contributed by atoms with Crippen LogP contribution in [-0.2, 0) is 10.7 Å². The van der Waals surface area contributed by atoms with E-state index in [-0.39, 0.29) is 29.3 Å². The van der Waals surface area contributed by atoms with Gasteiger partial charge in [0.15, 0.2) is 10.7 Å². The van der Waals surface area contributed by atoms with Gasteiger partial charge in [0.1, 0.15) is 0 Å². The molecule has 2 N–H and O–H groups in total. The molecule has 4 nitrogen and oxygen atoms in total. The van der Waals surface area contributed by atoms with Crippen LogP contribution in [0.2, 0.25) is 0 Å².